The molecule has 0 N–H and O–H groups in total. The third-order valence-electron chi connectivity index (χ3n) is 5.19. The number of carbonyl (C=O) groups excluding carboxylic acids is 4. The summed E-state index contributed by atoms with van der Waals surface area (Å²) in [4.78, 5) is 46.8. The van der Waals surface area contributed by atoms with E-state index in [1.165, 1.54) is 0 Å². The maximum absolute atomic E-state index is 12.0. The first-order valence-corrected chi connectivity index (χ1v) is 9.49. The van der Waals surface area contributed by atoms with Gasteiger partial charge in [-0.2, -0.15) is 0 Å². The Kier molecular flexibility index (Phi) is 7.21. The van der Waals surface area contributed by atoms with E-state index in [0.717, 1.165) is 0 Å². The van der Waals surface area contributed by atoms with Crippen molar-refractivity contribution in [1.29, 1.82) is 0 Å². The number of carbonyl (C=O) groups is 4. The van der Waals surface area contributed by atoms with Crippen molar-refractivity contribution in [1.82, 2.24) is 0 Å². The summed E-state index contributed by atoms with van der Waals surface area (Å²) in [6.07, 6.45) is 1.74. The van der Waals surface area contributed by atoms with Crippen molar-refractivity contribution in [3.8, 4) is 0 Å². The summed E-state index contributed by atoms with van der Waals surface area (Å²) in [6.45, 7) is 5.37. The normalized spacial score (nSPS) is 27.4. The van der Waals surface area contributed by atoms with E-state index in [4.69, 9.17) is 18.9 Å². The molecular formula is C19H28O8. The lowest BCUT2D eigenvalue weighted by Gasteiger charge is -2.34. The van der Waals surface area contributed by atoms with Gasteiger partial charge in [0.15, 0.2) is 0 Å². The van der Waals surface area contributed by atoms with Crippen LogP contribution in [0.1, 0.15) is 59.3 Å². The highest BCUT2D eigenvalue weighted by atomic mass is 16.6. The summed E-state index contributed by atoms with van der Waals surface area (Å²) in [6, 6.07) is 0. The average molecular weight is 384 g/mol. The van der Waals surface area contributed by atoms with Gasteiger partial charge in [-0.05, 0) is 26.2 Å². The minimum atomic E-state index is -0.768. The first kappa shape index (κ1) is 21.2. The molecule has 0 radical (unpaired) electrons. The van der Waals surface area contributed by atoms with E-state index in [0.29, 0.717) is 25.7 Å². The van der Waals surface area contributed by atoms with Crippen LogP contribution in [0.5, 0.6) is 0 Å². The molecule has 1 saturated heterocycles. The number of esters is 4. The number of hydrogen-bond donors (Lipinski definition) is 0. The van der Waals surface area contributed by atoms with E-state index in [-0.39, 0.29) is 49.8 Å². The van der Waals surface area contributed by atoms with Gasteiger partial charge in [0, 0.05) is 6.42 Å². The average Bonchev–Trinajstić information content (AvgIpc) is 2.88. The van der Waals surface area contributed by atoms with Gasteiger partial charge in [0.05, 0.1) is 24.7 Å². The zero-order valence-electron chi connectivity index (χ0n) is 16.2. The van der Waals surface area contributed by atoms with Gasteiger partial charge in [-0.25, -0.2) is 0 Å². The summed E-state index contributed by atoms with van der Waals surface area (Å²) < 4.78 is 20.7. The second-order valence-electron chi connectivity index (χ2n) is 7.39. The summed E-state index contributed by atoms with van der Waals surface area (Å²) >= 11 is 0. The Hall–Kier alpha value is -2.12. The topological polar surface area (TPSA) is 105 Å². The highest BCUT2D eigenvalue weighted by molar-refractivity contribution is 5.78. The largest absolute Gasteiger partial charge is 0.462 e. The van der Waals surface area contributed by atoms with E-state index in [1.54, 1.807) is 13.8 Å². The van der Waals surface area contributed by atoms with Gasteiger partial charge in [-0.1, -0.05) is 13.8 Å². The zero-order valence-corrected chi connectivity index (χ0v) is 16.2. The summed E-state index contributed by atoms with van der Waals surface area (Å²) in [5, 5.41) is 0. The van der Waals surface area contributed by atoms with Crippen LogP contribution in [-0.2, 0) is 38.1 Å². The maximum atomic E-state index is 12.0. The lowest BCUT2D eigenvalue weighted by atomic mass is 9.80. The predicted octanol–water partition coefficient (Wildman–Crippen LogP) is 1.93. The predicted molar refractivity (Wildman–Crippen MR) is 92.3 cm³/mol. The molecule has 1 aliphatic carbocycles. The van der Waals surface area contributed by atoms with Gasteiger partial charge in [0.1, 0.15) is 24.9 Å². The molecule has 8 nitrogen and oxygen atoms in total. The lowest BCUT2D eigenvalue weighted by molar-refractivity contribution is -0.173. The van der Waals surface area contributed by atoms with Crippen LogP contribution < -0.4 is 0 Å². The molecule has 2 aliphatic rings. The van der Waals surface area contributed by atoms with Crippen molar-refractivity contribution in [2.24, 2.45) is 11.8 Å². The molecule has 0 aromatic carbocycles. The summed E-state index contributed by atoms with van der Waals surface area (Å²) in [5.41, 5.74) is -0.768. The third kappa shape index (κ3) is 5.68. The fourth-order valence-corrected chi connectivity index (χ4v) is 3.29. The maximum Gasteiger partial charge on any atom is 0.309 e. The minimum absolute atomic E-state index is 0.00762. The molecule has 1 saturated carbocycles. The molecule has 1 heterocycles. The van der Waals surface area contributed by atoms with Gasteiger partial charge in [0.25, 0.3) is 0 Å². The van der Waals surface area contributed by atoms with Gasteiger partial charge < -0.3 is 18.9 Å². The molecule has 2 bridgehead atoms. The molecule has 8 heteroatoms. The van der Waals surface area contributed by atoms with Crippen molar-refractivity contribution in [3.63, 3.8) is 0 Å². The Morgan fingerprint density at radius 2 is 1.81 bits per heavy atom. The summed E-state index contributed by atoms with van der Waals surface area (Å²) in [7, 11) is 0. The number of fused-ring (bicyclic) bond motifs is 2. The minimum Gasteiger partial charge on any atom is -0.462 e. The Bertz CT molecular complexity index is 586. The summed E-state index contributed by atoms with van der Waals surface area (Å²) in [5.74, 6) is -1.93. The van der Waals surface area contributed by atoms with Crippen LogP contribution in [0.25, 0.3) is 0 Å². The molecule has 0 aromatic heterocycles. The van der Waals surface area contributed by atoms with Gasteiger partial charge >= 0.3 is 23.9 Å². The first-order valence-electron chi connectivity index (χ1n) is 9.49. The molecule has 0 amide bonds. The van der Waals surface area contributed by atoms with Crippen LogP contribution in [-0.4, -0.2) is 48.8 Å². The second kappa shape index (κ2) is 9.19. The highest BCUT2D eigenvalue weighted by Crippen LogP contribution is 2.43. The van der Waals surface area contributed by atoms with Crippen LogP contribution in [0.2, 0.25) is 0 Å². The van der Waals surface area contributed by atoms with E-state index in [1.807, 2.05) is 6.92 Å². The molecule has 4 unspecified atom stereocenters. The van der Waals surface area contributed by atoms with Gasteiger partial charge in [-0.15, -0.1) is 0 Å². The van der Waals surface area contributed by atoms with Crippen LogP contribution in [0.3, 0.4) is 0 Å². The van der Waals surface area contributed by atoms with E-state index in [2.05, 4.69) is 0 Å². The molecule has 1 aliphatic heterocycles. The Morgan fingerprint density at radius 1 is 1.15 bits per heavy atom. The van der Waals surface area contributed by atoms with Crippen molar-refractivity contribution in [2.45, 2.75) is 71.0 Å². The van der Waals surface area contributed by atoms with Crippen molar-refractivity contribution >= 4 is 23.9 Å². The van der Waals surface area contributed by atoms with E-state index in [9.17, 15) is 19.2 Å². The number of hydrogen-bond acceptors (Lipinski definition) is 8. The standard InChI is InChI=1S/C19H28O8/c1-4-12(2)17(22)25-10-9-24-15(20)7-8-16(21)26-14-6-5-13-11-19(14,3)27-18(13)23/h12-14H,4-11H2,1-3H3. The molecule has 0 aromatic rings. The van der Waals surface area contributed by atoms with Crippen LogP contribution in [0, 0.1) is 11.8 Å². The van der Waals surface area contributed by atoms with Crippen molar-refractivity contribution in [3.05, 3.63) is 0 Å². The molecule has 4 atom stereocenters. The Labute approximate surface area is 158 Å². The highest BCUT2D eigenvalue weighted by Gasteiger charge is 2.53. The SMILES string of the molecule is CCC(C)C(=O)OCCOC(=O)CCC(=O)OC1CCC2CC1(C)OC2=O. The van der Waals surface area contributed by atoms with Crippen molar-refractivity contribution < 1.29 is 38.1 Å². The van der Waals surface area contributed by atoms with E-state index < -0.39 is 23.6 Å². The fraction of sp³-hybridized carbons (Fsp3) is 0.789. The molecular weight excluding hydrogens is 356 g/mol. The molecule has 27 heavy (non-hydrogen) atoms. The molecule has 2 fully saturated rings. The number of ether oxygens (including phenoxy) is 4. The van der Waals surface area contributed by atoms with Crippen molar-refractivity contribution in [2.75, 3.05) is 13.2 Å². The lowest BCUT2D eigenvalue weighted by Crippen LogP contribution is -2.44. The quantitative estimate of drug-likeness (QED) is 0.337. The van der Waals surface area contributed by atoms with E-state index >= 15 is 0 Å². The fourth-order valence-electron chi connectivity index (χ4n) is 3.29. The Balaban J connectivity index is 1.62. The van der Waals surface area contributed by atoms with Crippen LogP contribution in [0.15, 0.2) is 0 Å². The third-order valence-corrected chi connectivity index (χ3v) is 5.19. The Morgan fingerprint density at radius 3 is 2.52 bits per heavy atom. The molecule has 0 spiro atoms. The monoisotopic (exact) mass is 384 g/mol. The molecule has 152 valence electrons. The first-order chi connectivity index (χ1) is 12.7. The smallest absolute Gasteiger partial charge is 0.309 e. The van der Waals surface area contributed by atoms with Crippen LogP contribution >= 0.6 is 0 Å². The van der Waals surface area contributed by atoms with Gasteiger partial charge in [-0.3, -0.25) is 19.2 Å². The zero-order chi connectivity index (χ0) is 20.0. The second-order valence-corrected chi connectivity index (χ2v) is 7.39. The van der Waals surface area contributed by atoms with Crippen LogP contribution in [0.4, 0.5) is 0 Å². The number of rotatable bonds is 9. The van der Waals surface area contributed by atoms with Gasteiger partial charge in [0.2, 0.25) is 0 Å². The molecule has 2 rings (SSSR count).